The molecule has 0 fully saturated rings. The van der Waals surface area contributed by atoms with Gasteiger partial charge in [-0.1, -0.05) is 12.1 Å². The van der Waals surface area contributed by atoms with E-state index in [2.05, 4.69) is 10.3 Å². The zero-order chi connectivity index (χ0) is 21.1. The molecule has 0 aliphatic heterocycles. The van der Waals surface area contributed by atoms with E-state index in [1.54, 1.807) is 17.0 Å². The SMILES string of the molecule is CCN(CC(=O)NCc1ccc(F)cc1)C(=O)c1ccc2[nH]c3c(c2c1)CCCC3. The average Bonchev–Trinajstić information content (AvgIpc) is 3.14. The first kappa shape index (κ1) is 20.1. The molecule has 5 nitrogen and oxygen atoms in total. The molecule has 0 unspecified atom stereocenters. The van der Waals surface area contributed by atoms with Crippen molar-refractivity contribution < 1.29 is 14.0 Å². The summed E-state index contributed by atoms with van der Waals surface area (Å²) in [6.45, 7) is 2.58. The third-order valence-corrected chi connectivity index (χ3v) is 5.75. The van der Waals surface area contributed by atoms with Crippen LogP contribution in [0.15, 0.2) is 42.5 Å². The fourth-order valence-corrected chi connectivity index (χ4v) is 4.08. The minimum Gasteiger partial charge on any atom is -0.358 e. The molecular formula is C24H26FN3O2. The van der Waals surface area contributed by atoms with Gasteiger partial charge >= 0.3 is 0 Å². The Morgan fingerprint density at radius 2 is 1.87 bits per heavy atom. The van der Waals surface area contributed by atoms with Gasteiger partial charge in [-0.15, -0.1) is 0 Å². The van der Waals surface area contributed by atoms with Crippen LogP contribution in [-0.4, -0.2) is 34.8 Å². The van der Waals surface area contributed by atoms with E-state index in [9.17, 15) is 14.0 Å². The van der Waals surface area contributed by atoms with Gasteiger partial charge < -0.3 is 15.2 Å². The molecule has 0 radical (unpaired) electrons. The molecule has 1 aromatic heterocycles. The van der Waals surface area contributed by atoms with Crippen molar-refractivity contribution in [3.8, 4) is 0 Å². The number of aryl methyl sites for hydroxylation is 2. The van der Waals surface area contributed by atoms with E-state index in [-0.39, 0.29) is 24.2 Å². The molecule has 0 atom stereocenters. The van der Waals surface area contributed by atoms with E-state index in [1.165, 1.54) is 36.2 Å². The second-order valence-corrected chi connectivity index (χ2v) is 7.77. The molecule has 2 N–H and O–H groups in total. The Kier molecular flexibility index (Phi) is 5.84. The number of hydrogen-bond acceptors (Lipinski definition) is 2. The highest BCUT2D eigenvalue weighted by atomic mass is 19.1. The van der Waals surface area contributed by atoms with Crippen molar-refractivity contribution in [2.24, 2.45) is 0 Å². The fraction of sp³-hybridized carbons (Fsp3) is 0.333. The third kappa shape index (κ3) is 4.22. The van der Waals surface area contributed by atoms with E-state index in [4.69, 9.17) is 0 Å². The van der Waals surface area contributed by atoms with Crippen molar-refractivity contribution >= 4 is 22.7 Å². The van der Waals surface area contributed by atoms with E-state index < -0.39 is 0 Å². The van der Waals surface area contributed by atoms with Gasteiger partial charge in [0.15, 0.2) is 0 Å². The number of likely N-dealkylation sites (N-methyl/N-ethyl adjacent to an activating group) is 1. The molecule has 0 saturated heterocycles. The van der Waals surface area contributed by atoms with Gasteiger partial charge in [-0.25, -0.2) is 4.39 Å². The molecule has 0 saturated carbocycles. The molecule has 1 aliphatic rings. The Balaban J connectivity index is 1.44. The summed E-state index contributed by atoms with van der Waals surface area (Å²) in [6, 6.07) is 11.7. The highest BCUT2D eigenvalue weighted by Gasteiger charge is 2.20. The first-order valence-electron chi connectivity index (χ1n) is 10.5. The highest BCUT2D eigenvalue weighted by molar-refractivity contribution is 6.00. The molecule has 0 spiro atoms. The highest BCUT2D eigenvalue weighted by Crippen LogP contribution is 2.30. The molecule has 30 heavy (non-hydrogen) atoms. The number of fused-ring (bicyclic) bond motifs is 3. The van der Waals surface area contributed by atoms with E-state index in [0.29, 0.717) is 18.7 Å². The number of rotatable bonds is 6. The Bertz CT molecular complexity index is 1070. The van der Waals surface area contributed by atoms with Gasteiger partial charge in [-0.3, -0.25) is 9.59 Å². The molecule has 3 aromatic rings. The second kappa shape index (κ2) is 8.69. The normalized spacial score (nSPS) is 13.1. The van der Waals surface area contributed by atoms with Gasteiger partial charge in [-0.05, 0) is 74.1 Å². The van der Waals surface area contributed by atoms with Crippen molar-refractivity contribution in [1.29, 1.82) is 0 Å². The number of nitrogens with one attached hydrogen (secondary N) is 2. The van der Waals surface area contributed by atoms with Gasteiger partial charge in [-0.2, -0.15) is 0 Å². The van der Waals surface area contributed by atoms with Crippen molar-refractivity contribution in [2.75, 3.05) is 13.1 Å². The van der Waals surface area contributed by atoms with Crippen LogP contribution in [0.5, 0.6) is 0 Å². The largest absolute Gasteiger partial charge is 0.358 e. The van der Waals surface area contributed by atoms with Crippen molar-refractivity contribution in [2.45, 2.75) is 39.2 Å². The number of nitrogens with zero attached hydrogens (tertiary/aromatic N) is 1. The topological polar surface area (TPSA) is 65.2 Å². The zero-order valence-electron chi connectivity index (χ0n) is 17.1. The lowest BCUT2D eigenvalue weighted by molar-refractivity contribution is -0.121. The maximum Gasteiger partial charge on any atom is 0.254 e. The fourth-order valence-electron chi connectivity index (χ4n) is 4.08. The molecule has 2 aromatic carbocycles. The Morgan fingerprint density at radius 1 is 1.10 bits per heavy atom. The number of carbonyl (C=O) groups is 2. The van der Waals surface area contributed by atoms with E-state index in [1.807, 2.05) is 25.1 Å². The van der Waals surface area contributed by atoms with Crippen LogP contribution >= 0.6 is 0 Å². The standard InChI is InChI=1S/C24H26FN3O2/c1-2-28(15-23(29)26-14-16-7-10-18(25)11-8-16)24(30)17-9-12-22-20(13-17)19-5-3-4-6-21(19)27-22/h7-13,27H,2-6,14-15H2,1H3,(H,26,29). The van der Waals surface area contributed by atoms with Crippen LogP contribution in [0.1, 0.15) is 46.9 Å². The monoisotopic (exact) mass is 407 g/mol. The molecule has 1 aliphatic carbocycles. The first-order chi connectivity index (χ1) is 14.5. The summed E-state index contributed by atoms with van der Waals surface area (Å²) < 4.78 is 13.0. The minimum absolute atomic E-state index is 0.0141. The van der Waals surface area contributed by atoms with Crippen LogP contribution in [0, 0.1) is 5.82 Å². The number of carbonyl (C=O) groups excluding carboxylic acids is 2. The lowest BCUT2D eigenvalue weighted by atomic mass is 9.95. The number of H-pyrrole nitrogens is 1. The predicted octanol–water partition coefficient (Wildman–Crippen LogP) is 3.96. The molecule has 156 valence electrons. The minimum atomic E-state index is -0.312. The third-order valence-electron chi connectivity index (χ3n) is 5.75. The average molecular weight is 407 g/mol. The Hall–Kier alpha value is -3.15. The second-order valence-electron chi connectivity index (χ2n) is 7.77. The summed E-state index contributed by atoms with van der Waals surface area (Å²) in [7, 11) is 0. The van der Waals surface area contributed by atoms with Crippen molar-refractivity contribution in [3.63, 3.8) is 0 Å². The summed E-state index contributed by atoms with van der Waals surface area (Å²) in [4.78, 5) is 30.4. The van der Waals surface area contributed by atoms with Crippen LogP contribution in [-0.2, 0) is 24.2 Å². The van der Waals surface area contributed by atoms with E-state index in [0.717, 1.165) is 29.3 Å². The lowest BCUT2D eigenvalue weighted by Gasteiger charge is -2.20. The number of aromatic amines is 1. The van der Waals surface area contributed by atoms with Gasteiger partial charge in [0.2, 0.25) is 5.91 Å². The quantitative estimate of drug-likeness (QED) is 0.650. The lowest BCUT2D eigenvalue weighted by Crippen LogP contribution is -2.40. The van der Waals surface area contributed by atoms with Gasteiger partial charge in [0, 0.05) is 35.2 Å². The molecule has 4 rings (SSSR count). The maximum atomic E-state index is 13.1. The molecule has 6 heteroatoms. The van der Waals surface area contributed by atoms with Crippen LogP contribution in [0.3, 0.4) is 0 Å². The summed E-state index contributed by atoms with van der Waals surface area (Å²) in [6.07, 6.45) is 4.47. The van der Waals surface area contributed by atoms with E-state index >= 15 is 0 Å². The number of amides is 2. The van der Waals surface area contributed by atoms with Crippen LogP contribution in [0.25, 0.3) is 10.9 Å². The number of aromatic nitrogens is 1. The molecule has 2 amide bonds. The van der Waals surface area contributed by atoms with Gasteiger partial charge in [0.05, 0.1) is 6.54 Å². The molecular weight excluding hydrogens is 381 g/mol. The number of hydrogen-bond donors (Lipinski definition) is 2. The predicted molar refractivity (Wildman–Crippen MR) is 115 cm³/mol. The maximum absolute atomic E-state index is 13.1. The smallest absolute Gasteiger partial charge is 0.254 e. The number of benzene rings is 2. The van der Waals surface area contributed by atoms with Crippen molar-refractivity contribution in [1.82, 2.24) is 15.2 Å². The van der Waals surface area contributed by atoms with Gasteiger partial charge in [0.1, 0.15) is 5.82 Å². The summed E-state index contributed by atoms with van der Waals surface area (Å²) in [5.41, 5.74) is 5.09. The van der Waals surface area contributed by atoms with Crippen LogP contribution < -0.4 is 5.32 Å². The number of halogens is 1. The van der Waals surface area contributed by atoms with Crippen molar-refractivity contribution in [3.05, 3.63) is 70.7 Å². The molecule has 1 heterocycles. The van der Waals surface area contributed by atoms with Crippen LogP contribution in [0.2, 0.25) is 0 Å². The Morgan fingerprint density at radius 3 is 2.63 bits per heavy atom. The molecule has 0 bridgehead atoms. The zero-order valence-corrected chi connectivity index (χ0v) is 17.1. The Labute approximate surface area is 175 Å². The first-order valence-corrected chi connectivity index (χ1v) is 10.5. The summed E-state index contributed by atoms with van der Waals surface area (Å²) in [5, 5.41) is 3.91. The summed E-state index contributed by atoms with van der Waals surface area (Å²) >= 11 is 0. The van der Waals surface area contributed by atoms with Gasteiger partial charge in [0.25, 0.3) is 5.91 Å². The summed E-state index contributed by atoms with van der Waals surface area (Å²) in [5.74, 6) is -0.704. The van der Waals surface area contributed by atoms with Crippen LogP contribution in [0.4, 0.5) is 4.39 Å².